The second kappa shape index (κ2) is 2.77. The number of hydrogen-bond acceptors (Lipinski definition) is 2. The number of pyridine rings is 1. The lowest BCUT2D eigenvalue weighted by Gasteiger charge is -1.99. The summed E-state index contributed by atoms with van der Waals surface area (Å²) in [6, 6.07) is 0.868. The number of rotatable bonds is 1. The van der Waals surface area contributed by atoms with Crippen molar-refractivity contribution in [1.29, 1.82) is 0 Å². The molecule has 5 heteroatoms. The second-order valence-electron chi connectivity index (χ2n) is 1.95. The quantitative estimate of drug-likeness (QED) is 0.639. The number of nitrogens with two attached hydrogens (primary N) is 1. The Labute approximate surface area is 60.9 Å². The molecule has 0 amide bonds. The van der Waals surface area contributed by atoms with Gasteiger partial charge >= 0.3 is 0 Å². The molecule has 2 nitrogen and oxygen atoms in total. The van der Waals surface area contributed by atoms with Crippen LogP contribution in [-0.4, -0.2) is 4.98 Å². The summed E-state index contributed by atoms with van der Waals surface area (Å²) in [5.41, 5.74) is 4.26. The fraction of sp³-hybridized carbons (Fsp3) is 0.167. The Bertz CT molecular complexity index is 262. The van der Waals surface area contributed by atoms with Crippen LogP contribution in [-0.2, 0) is 0 Å². The Morgan fingerprint density at radius 3 is 2.55 bits per heavy atom. The molecule has 1 aromatic rings. The molecule has 0 bridgehead atoms. The molecule has 0 spiro atoms. The van der Waals surface area contributed by atoms with Crippen LogP contribution in [0, 0.1) is 5.95 Å². The Morgan fingerprint density at radius 2 is 2.09 bits per heavy atom. The van der Waals surface area contributed by atoms with Gasteiger partial charge in [0.25, 0.3) is 6.43 Å². The van der Waals surface area contributed by atoms with Crippen LogP contribution >= 0.6 is 0 Å². The van der Waals surface area contributed by atoms with Crippen LogP contribution < -0.4 is 5.73 Å². The summed E-state index contributed by atoms with van der Waals surface area (Å²) in [5.74, 6) is -0.922. The van der Waals surface area contributed by atoms with Crippen LogP contribution in [0.4, 0.5) is 18.9 Å². The average Bonchev–Trinajstić information content (AvgIpc) is 1.94. The number of halogens is 3. The van der Waals surface area contributed by atoms with Crippen molar-refractivity contribution in [3.63, 3.8) is 0 Å². The van der Waals surface area contributed by atoms with Crippen LogP contribution in [0.1, 0.15) is 12.0 Å². The molecule has 0 aliphatic heterocycles. The zero-order valence-electron chi connectivity index (χ0n) is 5.39. The van der Waals surface area contributed by atoms with Gasteiger partial charge in [0.2, 0.25) is 5.95 Å². The molecular formula is C6H5F3N2. The van der Waals surface area contributed by atoms with Gasteiger partial charge in [0, 0.05) is 11.8 Å². The minimum absolute atomic E-state index is 0.359. The van der Waals surface area contributed by atoms with Gasteiger partial charge in [-0.1, -0.05) is 0 Å². The molecule has 0 aliphatic rings. The van der Waals surface area contributed by atoms with E-state index in [4.69, 9.17) is 5.73 Å². The van der Waals surface area contributed by atoms with E-state index in [1.54, 1.807) is 0 Å². The van der Waals surface area contributed by atoms with E-state index >= 15 is 0 Å². The fourth-order valence-corrected chi connectivity index (χ4v) is 0.601. The van der Waals surface area contributed by atoms with Crippen molar-refractivity contribution in [1.82, 2.24) is 4.98 Å². The molecule has 0 aliphatic carbocycles. The van der Waals surface area contributed by atoms with Gasteiger partial charge in [-0.2, -0.15) is 4.39 Å². The van der Waals surface area contributed by atoms with Gasteiger partial charge in [-0.25, -0.2) is 13.8 Å². The summed E-state index contributed by atoms with van der Waals surface area (Å²) in [5, 5.41) is 0. The average molecular weight is 162 g/mol. The lowest BCUT2D eigenvalue weighted by Crippen LogP contribution is -1.96. The molecule has 0 atom stereocenters. The molecule has 0 radical (unpaired) electrons. The maximum Gasteiger partial charge on any atom is 0.265 e. The molecule has 0 saturated carbocycles. The van der Waals surface area contributed by atoms with Crippen molar-refractivity contribution >= 4 is 5.69 Å². The summed E-state index contributed by atoms with van der Waals surface area (Å²) in [6.07, 6.45) is -1.90. The first-order valence-electron chi connectivity index (χ1n) is 2.80. The standard InChI is InChI=1S/C6H5F3N2/c7-5(8)3-1-4(10)6(9)11-2-3/h1-2,5H,10H2. The number of hydrogen-bond donors (Lipinski definition) is 1. The fourth-order valence-electron chi connectivity index (χ4n) is 0.601. The highest BCUT2D eigenvalue weighted by molar-refractivity contribution is 5.38. The highest BCUT2D eigenvalue weighted by Crippen LogP contribution is 2.20. The summed E-state index contributed by atoms with van der Waals surface area (Å²) in [6.45, 7) is 0. The van der Waals surface area contributed by atoms with Crippen molar-refractivity contribution in [2.75, 3.05) is 5.73 Å². The van der Waals surface area contributed by atoms with Crippen molar-refractivity contribution in [3.8, 4) is 0 Å². The highest BCUT2D eigenvalue weighted by Gasteiger charge is 2.09. The number of aromatic nitrogens is 1. The van der Waals surface area contributed by atoms with Gasteiger partial charge in [-0.3, -0.25) is 0 Å². The zero-order chi connectivity index (χ0) is 8.43. The van der Waals surface area contributed by atoms with Crippen molar-refractivity contribution in [2.24, 2.45) is 0 Å². The third-order valence-corrected chi connectivity index (χ3v) is 1.14. The molecule has 60 valence electrons. The van der Waals surface area contributed by atoms with Gasteiger partial charge < -0.3 is 5.73 Å². The number of alkyl halides is 2. The highest BCUT2D eigenvalue weighted by atomic mass is 19.3. The maximum atomic E-state index is 12.3. The van der Waals surface area contributed by atoms with E-state index in [-0.39, 0.29) is 11.3 Å². The second-order valence-corrected chi connectivity index (χ2v) is 1.95. The minimum atomic E-state index is -2.66. The summed E-state index contributed by atoms with van der Waals surface area (Å²) < 4.78 is 36.0. The zero-order valence-corrected chi connectivity index (χ0v) is 5.39. The van der Waals surface area contributed by atoms with E-state index in [1.807, 2.05) is 0 Å². The number of anilines is 1. The number of nitrogens with zero attached hydrogens (tertiary/aromatic N) is 1. The first-order chi connectivity index (χ1) is 5.11. The van der Waals surface area contributed by atoms with Crippen LogP contribution in [0.15, 0.2) is 12.3 Å². The first-order valence-corrected chi connectivity index (χ1v) is 2.80. The molecule has 0 unspecified atom stereocenters. The van der Waals surface area contributed by atoms with Crippen LogP contribution in [0.25, 0.3) is 0 Å². The Kier molecular flexibility index (Phi) is 1.98. The molecule has 11 heavy (non-hydrogen) atoms. The Morgan fingerprint density at radius 1 is 1.45 bits per heavy atom. The van der Waals surface area contributed by atoms with Gasteiger partial charge in [-0.05, 0) is 6.07 Å². The van der Waals surface area contributed by atoms with Crippen LogP contribution in [0.5, 0.6) is 0 Å². The van der Waals surface area contributed by atoms with Gasteiger partial charge in [0.05, 0.1) is 5.69 Å². The topological polar surface area (TPSA) is 38.9 Å². The molecule has 0 saturated heterocycles. The van der Waals surface area contributed by atoms with Crippen LogP contribution in [0.3, 0.4) is 0 Å². The number of nitrogen functional groups attached to an aromatic ring is 1. The lowest BCUT2D eigenvalue weighted by atomic mass is 10.3. The molecular weight excluding hydrogens is 157 g/mol. The van der Waals surface area contributed by atoms with Crippen LogP contribution in [0.2, 0.25) is 0 Å². The maximum absolute atomic E-state index is 12.3. The van der Waals surface area contributed by atoms with E-state index in [0.717, 1.165) is 12.3 Å². The van der Waals surface area contributed by atoms with E-state index < -0.39 is 12.4 Å². The third-order valence-electron chi connectivity index (χ3n) is 1.14. The molecule has 1 heterocycles. The van der Waals surface area contributed by atoms with Gasteiger partial charge in [0.1, 0.15) is 0 Å². The molecule has 0 aromatic carbocycles. The largest absolute Gasteiger partial charge is 0.395 e. The lowest BCUT2D eigenvalue weighted by molar-refractivity contribution is 0.151. The SMILES string of the molecule is Nc1cc(C(F)F)cnc1F. The summed E-state index contributed by atoms with van der Waals surface area (Å²) >= 11 is 0. The van der Waals surface area contributed by atoms with Crippen molar-refractivity contribution in [3.05, 3.63) is 23.8 Å². The first kappa shape index (κ1) is 7.84. The molecule has 2 N–H and O–H groups in total. The molecule has 1 rings (SSSR count). The van der Waals surface area contributed by atoms with E-state index in [1.165, 1.54) is 0 Å². The minimum Gasteiger partial charge on any atom is -0.395 e. The van der Waals surface area contributed by atoms with Gasteiger partial charge in [0.15, 0.2) is 0 Å². The normalized spacial score (nSPS) is 10.5. The van der Waals surface area contributed by atoms with Crippen molar-refractivity contribution in [2.45, 2.75) is 6.43 Å². The van der Waals surface area contributed by atoms with E-state index in [0.29, 0.717) is 0 Å². The van der Waals surface area contributed by atoms with Crippen molar-refractivity contribution < 1.29 is 13.2 Å². The van der Waals surface area contributed by atoms with E-state index in [9.17, 15) is 13.2 Å². The smallest absolute Gasteiger partial charge is 0.265 e. The third kappa shape index (κ3) is 1.60. The van der Waals surface area contributed by atoms with E-state index in [2.05, 4.69) is 4.98 Å². The molecule has 0 fully saturated rings. The molecule has 1 aromatic heterocycles. The Hall–Kier alpha value is -1.26. The Balaban J connectivity index is 3.05. The predicted molar refractivity (Wildman–Crippen MR) is 33.6 cm³/mol. The summed E-state index contributed by atoms with van der Waals surface area (Å²) in [4.78, 5) is 3.03. The monoisotopic (exact) mass is 162 g/mol. The van der Waals surface area contributed by atoms with Gasteiger partial charge in [-0.15, -0.1) is 0 Å². The summed E-state index contributed by atoms with van der Waals surface area (Å²) in [7, 11) is 0. The predicted octanol–water partition coefficient (Wildman–Crippen LogP) is 1.74.